The number of aliphatic hydroxyl groups excluding tert-OH is 1. The Bertz CT molecular complexity index is 654. The molecule has 1 saturated carbocycles. The molecule has 3 heteroatoms. The monoisotopic (exact) mass is 313 g/mol. The van der Waals surface area contributed by atoms with Crippen molar-refractivity contribution in [1.29, 1.82) is 0 Å². The van der Waals surface area contributed by atoms with Gasteiger partial charge >= 0.3 is 0 Å². The van der Waals surface area contributed by atoms with E-state index in [9.17, 15) is 5.11 Å². The Labute approximate surface area is 134 Å². The lowest BCUT2D eigenvalue weighted by Gasteiger charge is -2.39. The number of rotatable bonds is 2. The molecule has 2 aliphatic carbocycles. The zero-order chi connectivity index (χ0) is 16.1. The first-order valence-electron chi connectivity index (χ1n) is 8.19. The molecule has 0 heterocycles. The summed E-state index contributed by atoms with van der Waals surface area (Å²) in [6, 6.07) is 10.7. The molecule has 0 unspecified atom stereocenters. The number of aliphatic hydroxyl groups is 1. The third-order valence-electron chi connectivity index (χ3n) is 5.23. The Balaban J connectivity index is 2.23. The van der Waals surface area contributed by atoms with Crippen molar-refractivity contribution >= 4 is 13.6 Å². The number of hydrogen-bond acceptors (Lipinski definition) is 2. The van der Waals surface area contributed by atoms with Gasteiger partial charge in [0.25, 0.3) is 0 Å². The van der Waals surface area contributed by atoms with Gasteiger partial charge in [0.2, 0.25) is 0 Å². The van der Waals surface area contributed by atoms with Crippen molar-refractivity contribution in [1.82, 2.24) is 0 Å². The maximum atomic E-state index is 10.2. The predicted octanol–water partition coefficient (Wildman–Crippen LogP) is 3.89. The molecule has 1 aromatic carbocycles. The number of fused-ring (bicyclic) bond motifs is 1. The molecule has 2 aliphatic rings. The van der Waals surface area contributed by atoms with Crippen LogP contribution in [0.1, 0.15) is 31.7 Å². The second-order valence-electron chi connectivity index (χ2n) is 7.97. The van der Waals surface area contributed by atoms with Crippen LogP contribution < -0.4 is 5.73 Å². The fourth-order valence-electron chi connectivity index (χ4n) is 4.18. The maximum Gasteiger partial charge on any atom is 0.0733 e. The van der Waals surface area contributed by atoms with E-state index in [1.165, 1.54) is 22.3 Å². The molecule has 0 saturated heterocycles. The van der Waals surface area contributed by atoms with E-state index in [1.54, 1.807) is 5.20 Å². The minimum Gasteiger partial charge on any atom is -0.393 e. The van der Waals surface area contributed by atoms with Crippen molar-refractivity contribution in [2.24, 2.45) is 5.73 Å². The molecule has 0 aliphatic heterocycles. The van der Waals surface area contributed by atoms with Gasteiger partial charge in [-0.25, -0.2) is 0 Å². The molecule has 118 valence electrons. The highest BCUT2D eigenvalue weighted by Crippen LogP contribution is 2.50. The summed E-state index contributed by atoms with van der Waals surface area (Å²) in [4.78, 5) is 0. The molecule has 0 aromatic heterocycles. The van der Waals surface area contributed by atoms with Crippen molar-refractivity contribution in [2.75, 3.05) is 0 Å². The van der Waals surface area contributed by atoms with Crippen molar-refractivity contribution in [3.05, 3.63) is 52.2 Å². The number of nitrogens with two attached hydrogens (primary N) is 1. The van der Waals surface area contributed by atoms with Gasteiger partial charge in [-0.1, -0.05) is 55.2 Å². The average Bonchev–Trinajstić information content (AvgIpc) is 2.74. The Morgan fingerprint density at radius 1 is 1.18 bits per heavy atom. The molecule has 1 aromatic rings. The summed E-state index contributed by atoms with van der Waals surface area (Å²) in [5.41, 5.74) is 11.7. The van der Waals surface area contributed by atoms with E-state index in [2.05, 4.69) is 56.9 Å². The second kappa shape index (κ2) is 5.19. The van der Waals surface area contributed by atoms with E-state index in [1.807, 2.05) is 0 Å². The Morgan fingerprint density at radius 3 is 2.41 bits per heavy atom. The molecule has 22 heavy (non-hydrogen) atoms. The van der Waals surface area contributed by atoms with Crippen LogP contribution in [0.3, 0.4) is 0 Å². The van der Waals surface area contributed by atoms with E-state index in [0.29, 0.717) is 6.42 Å². The highest BCUT2D eigenvalue weighted by Gasteiger charge is 2.46. The fraction of sp³-hybridized carbons (Fsp3) is 0.474. The van der Waals surface area contributed by atoms with Gasteiger partial charge in [-0.15, -0.1) is 0 Å². The van der Waals surface area contributed by atoms with E-state index in [4.69, 9.17) is 5.73 Å². The summed E-state index contributed by atoms with van der Waals surface area (Å²) in [6.07, 6.45) is 2.07. The highest BCUT2D eigenvalue weighted by atomic mass is 28.3. The van der Waals surface area contributed by atoms with Crippen LogP contribution in [0.5, 0.6) is 0 Å². The molecule has 3 N–H and O–H groups in total. The molecule has 0 bridgehead atoms. The van der Waals surface area contributed by atoms with Crippen LogP contribution in [0.25, 0.3) is 5.57 Å². The van der Waals surface area contributed by atoms with Gasteiger partial charge in [0.15, 0.2) is 0 Å². The summed E-state index contributed by atoms with van der Waals surface area (Å²) in [5.74, 6) is 0. The number of benzene rings is 1. The van der Waals surface area contributed by atoms with Crippen LogP contribution >= 0.6 is 0 Å². The third-order valence-corrected chi connectivity index (χ3v) is 7.47. The average molecular weight is 314 g/mol. The van der Waals surface area contributed by atoms with E-state index < -0.39 is 8.07 Å². The second-order valence-corrected chi connectivity index (χ2v) is 13.1. The molecule has 0 spiro atoms. The molecule has 0 radical (unpaired) electrons. The smallest absolute Gasteiger partial charge is 0.0733 e. The van der Waals surface area contributed by atoms with Crippen molar-refractivity contribution in [3.8, 4) is 0 Å². The summed E-state index contributed by atoms with van der Waals surface area (Å²) >= 11 is 0. The van der Waals surface area contributed by atoms with Gasteiger partial charge in [-0.05, 0) is 48.5 Å². The van der Waals surface area contributed by atoms with E-state index in [0.717, 1.165) is 12.8 Å². The summed E-state index contributed by atoms with van der Waals surface area (Å²) in [6.45, 7) is 9.41. The molecule has 0 amide bonds. The van der Waals surface area contributed by atoms with E-state index in [-0.39, 0.29) is 11.6 Å². The third kappa shape index (κ3) is 2.51. The van der Waals surface area contributed by atoms with Gasteiger partial charge in [-0.2, -0.15) is 0 Å². The quantitative estimate of drug-likeness (QED) is 0.814. The van der Waals surface area contributed by atoms with Crippen molar-refractivity contribution < 1.29 is 5.11 Å². The van der Waals surface area contributed by atoms with Crippen LogP contribution in [0.4, 0.5) is 0 Å². The Hall–Kier alpha value is -1.16. The van der Waals surface area contributed by atoms with Gasteiger partial charge in [0.05, 0.1) is 14.2 Å². The normalized spacial score (nSPS) is 29.1. The Kier molecular flexibility index (Phi) is 3.71. The topological polar surface area (TPSA) is 46.2 Å². The van der Waals surface area contributed by atoms with Crippen LogP contribution in [0, 0.1) is 0 Å². The van der Waals surface area contributed by atoms with E-state index >= 15 is 0 Å². The standard InChI is InChI=1S/C19H27NOSi/c1-13-16-10-15(21)11-19(16,20)12-17(22(2,3)4)18(13)14-8-6-5-7-9-14/h5-9,15,21H,10-12,20H2,1-4H3/t15-,19-/m0/s1. The van der Waals surface area contributed by atoms with Crippen LogP contribution in [0.2, 0.25) is 19.6 Å². The minimum absolute atomic E-state index is 0.284. The van der Waals surface area contributed by atoms with Crippen molar-refractivity contribution in [3.63, 3.8) is 0 Å². The van der Waals surface area contributed by atoms with Gasteiger partial charge in [0, 0.05) is 5.54 Å². The first-order valence-corrected chi connectivity index (χ1v) is 11.7. The molecular weight excluding hydrogens is 286 g/mol. The maximum absolute atomic E-state index is 10.2. The lowest BCUT2D eigenvalue weighted by atomic mass is 9.78. The van der Waals surface area contributed by atoms with Gasteiger partial charge in [0.1, 0.15) is 0 Å². The van der Waals surface area contributed by atoms with Crippen molar-refractivity contribution in [2.45, 2.75) is 57.5 Å². The molecule has 3 rings (SSSR count). The van der Waals surface area contributed by atoms with Crippen LogP contribution in [-0.2, 0) is 0 Å². The molecular formula is C19H27NOSi. The first kappa shape index (κ1) is 15.7. The summed E-state index contributed by atoms with van der Waals surface area (Å²) < 4.78 is 0. The summed E-state index contributed by atoms with van der Waals surface area (Å²) in [7, 11) is -1.49. The SMILES string of the molecule is CC1=C2C[C@H](O)C[C@]2(N)CC([Si](C)(C)C)=C1c1ccccc1. The number of hydrogen-bond donors (Lipinski definition) is 2. The highest BCUT2D eigenvalue weighted by molar-refractivity contribution is 6.84. The first-order chi connectivity index (χ1) is 10.2. The lowest BCUT2D eigenvalue weighted by molar-refractivity contribution is 0.174. The Morgan fingerprint density at radius 2 is 1.82 bits per heavy atom. The molecule has 2 atom stereocenters. The molecule has 2 nitrogen and oxygen atoms in total. The lowest BCUT2D eigenvalue weighted by Crippen LogP contribution is -2.45. The fourth-order valence-corrected chi connectivity index (χ4v) is 6.10. The van der Waals surface area contributed by atoms with Gasteiger partial charge in [-0.3, -0.25) is 0 Å². The predicted molar refractivity (Wildman–Crippen MR) is 96.2 cm³/mol. The van der Waals surface area contributed by atoms with Crippen LogP contribution in [0.15, 0.2) is 46.7 Å². The number of allylic oxidation sites excluding steroid dienone is 2. The van der Waals surface area contributed by atoms with Gasteiger partial charge < -0.3 is 10.8 Å². The largest absolute Gasteiger partial charge is 0.393 e. The molecule has 1 fully saturated rings. The zero-order valence-corrected chi connectivity index (χ0v) is 15.1. The van der Waals surface area contributed by atoms with Crippen LogP contribution in [-0.4, -0.2) is 24.8 Å². The summed E-state index contributed by atoms with van der Waals surface area (Å²) in [5, 5.41) is 11.7. The zero-order valence-electron chi connectivity index (χ0n) is 14.1. The minimum atomic E-state index is -1.49.